The molecule has 2 rings (SSSR count). The van der Waals surface area contributed by atoms with Crippen molar-refractivity contribution in [1.29, 1.82) is 0 Å². The summed E-state index contributed by atoms with van der Waals surface area (Å²) in [6.45, 7) is 3.90. The van der Waals surface area contributed by atoms with Gasteiger partial charge < -0.3 is 16.4 Å². The third-order valence-electron chi connectivity index (χ3n) is 2.81. The first-order valence-corrected chi connectivity index (χ1v) is 6.05. The fourth-order valence-electron chi connectivity index (χ4n) is 1.75. The first kappa shape index (κ1) is 13.0. The molecule has 0 aliphatic heterocycles. The highest BCUT2D eigenvalue weighted by Gasteiger charge is 2.04. The number of hydrogen-bond acceptors (Lipinski definition) is 2. The molecule has 0 saturated carbocycles. The van der Waals surface area contributed by atoms with E-state index in [4.69, 9.17) is 5.73 Å². The maximum atomic E-state index is 11.9. The molecule has 4 nitrogen and oxygen atoms in total. The molecular weight excluding hydrogens is 238 g/mol. The van der Waals surface area contributed by atoms with E-state index >= 15 is 0 Å². The van der Waals surface area contributed by atoms with E-state index in [2.05, 4.69) is 10.6 Å². The summed E-state index contributed by atoms with van der Waals surface area (Å²) in [6.07, 6.45) is 0. The summed E-state index contributed by atoms with van der Waals surface area (Å²) >= 11 is 0. The molecule has 4 N–H and O–H groups in total. The van der Waals surface area contributed by atoms with Gasteiger partial charge in [0.25, 0.3) is 0 Å². The smallest absolute Gasteiger partial charge is 0.323 e. The Morgan fingerprint density at radius 1 is 1.00 bits per heavy atom. The predicted octanol–water partition coefficient (Wildman–Crippen LogP) is 3.53. The van der Waals surface area contributed by atoms with Crippen LogP contribution in [-0.4, -0.2) is 6.03 Å². The van der Waals surface area contributed by atoms with Crippen LogP contribution in [-0.2, 0) is 0 Å². The highest BCUT2D eigenvalue weighted by atomic mass is 16.2. The Morgan fingerprint density at radius 3 is 2.32 bits per heavy atom. The molecule has 0 bridgehead atoms. The molecule has 0 saturated heterocycles. The van der Waals surface area contributed by atoms with Crippen molar-refractivity contribution in [1.82, 2.24) is 0 Å². The van der Waals surface area contributed by atoms with E-state index in [1.807, 2.05) is 44.2 Å². The normalized spacial score (nSPS) is 10.0. The zero-order valence-corrected chi connectivity index (χ0v) is 11.0. The van der Waals surface area contributed by atoms with Crippen molar-refractivity contribution < 1.29 is 4.79 Å². The van der Waals surface area contributed by atoms with Crippen LogP contribution in [0.5, 0.6) is 0 Å². The van der Waals surface area contributed by atoms with E-state index in [9.17, 15) is 4.79 Å². The lowest BCUT2D eigenvalue weighted by Gasteiger charge is -2.10. The highest BCUT2D eigenvalue weighted by molar-refractivity contribution is 6.00. The second kappa shape index (κ2) is 5.44. The number of rotatable bonds is 2. The number of aryl methyl sites for hydroxylation is 2. The number of benzene rings is 2. The Kier molecular flexibility index (Phi) is 3.71. The van der Waals surface area contributed by atoms with Gasteiger partial charge in [-0.2, -0.15) is 0 Å². The van der Waals surface area contributed by atoms with Gasteiger partial charge >= 0.3 is 6.03 Å². The number of nitrogens with one attached hydrogen (secondary N) is 2. The third-order valence-corrected chi connectivity index (χ3v) is 2.81. The molecule has 0 aromatic heterocycles. The Morgan fingerprint density at radius 2 is 1.68 bits per heavy atom. The number of hydrogen-bond donors (Lipinski definition) is 3. The fourth-order valence-corrected chi connectivity index (χ4v) is 1.75. The van der Waals surface area contributed by atoms with Crippen molar-refractivity contribution in [3.05, 3.63) is 53.6 Å². The zero-order chi connectivity index (χ0) is 13.8. The molecule has 2 aromatic carbocycles. The molecule has 19 heavy (non-hydrogen) atoms. The van der Waals surface area contributed by atoms with Gasteiger partial charge in [-0.25, -0.2) is 4.79 Å². The van der Waals surface area contributed by atoms with Gasteiger partial charge in [0.15, 0.2) is 0 Å². The van der Waals surface area contributed by atoms with E-state index in [-0.39, 0.29) is 6.03 Å². The molecule has 2 aromatic rings. The summed E-state index contributed by atoms with van der Waals surface area (Å²) in [4.78, 5) is 11.9. The van der Waals surface area contributed by atoms with Crippen LogP contribution in [0, 0.1) is 13.8 Å². The average Bonchev–Trinajstić information content (AvgIpc) is 2.36. The SMILES string of the molecule is Cc1ccc(NC(=O)Nc2ccc(N)cc2C)cc1. The summed E-state index contributed by atoms with van der Waals surface area (Å²) in [6, 6.07) is 12.7. The summed E-state index contributed by atoms with van der Waals surface area (Å²) in [7, 11) is 0. The Balaban J connectivity index is 2.03. The fraction of sp³-hybridized carbons (Fsp3) is 0.133. The second-order valence-electron chi connectivity index (χ2n) is 4.52. The number of urea groups is 1. The number of carbonyl (C=O) groups is 1. The molecule has 0 aliphatic carbocycles. The van der Waals surface area contributed by atoms with E-state index in [0.29, 0.717) is 5.69 Å². The number of carbonyl (C=O) groups excluding carboxylic acids is 1. The Bertz CT molecular complexity index is 591. The number of nitrogens with two attached hydrogens (primary N) is 1. The van der Waals surface area contributed by atoms with Gasteiger partial charge in [0.2, 0.25) is 0 Å². The number of nitrogen functional groups attached to an aromatic ring is 1. The summed E-state index contributed by atoms with van der Waals surface area (Å²) in [5, 5.41) is 5.57. The van der Waals surface area contributed by atoms with Gasteiger partial charge in [-0.3, -0.25) is 0 Å². The Hall–Kier alpha value is -2.49. The lowest BCUT2D eigenvalue weighted by molar-refractivity contribution is 0.262. The van der Waals surface area contributed by atoms with E-state index in [1.54, 1.807) is 12.1 Å². The van der Waals surface area contributed by atoms with E-state index in [0.717, 1.165) is 22.5 Å². The molecule has 98 valence electrons. The quantitative estimate of drug-likeness (QED) is 0.719. The van der Waals surface area contributed by atoms with Gasteiger partial charge in [0, 0.05) is 17.1 Å². The lowest BCUT2D eigenvalue weighted by Crippen LogP contribution is -2.19. The van der Waals surface area contributed by atoms with Crippen molar-refractivity contribution >= 4 is 23.1 Å². The van der Waals surface area contributed by atoms with Crippen molar-refractivity contribution in [2.45, 2.75) is 13.8 Å². The van der Waals surface area contributed by atoms with Crippen molar-refractivity contribution in [2.24, 2.45) is 0 Å². The molecule has 0 radical (unpaired) electrons. The highest BCUT2D eigenvalue weighted by Crippen LogP contribution is 2.18. The molecule has 0 heterocycles. The minimum absolute atomic E-state index is 0.267. The maximum Gasteiger partial charge on any atom is 0.323 e. The first-order valence-electron chi connectivity index (χ1n) is 6.05. The van der Waals surface area contributed by atoms with Crippen LogP contribution in [0.2, 0.25) is 0 Å². The second-order valence-corrected chi connectivity index (χ2v) is 4.52. The minimum atomic E-state index is -0.267. The summed E-state index contributed by atoms with van der Waals surface area (Å²) in [5.74, 6) is 0. The van der Waals surface area contributed by atoms with Crippen LogP contribution in [0.1, 0.15) is 11.1 Å². The minimum Gasteiger partial charge on any atom is -0.399 e. The third kappa shape index (κ3) is 3.48. The molecule has 0 atom stereocenters. The molecule has 4 heteroatoms. The maximum absolute atomic E-state index is 11.9. The molecular formula is C15H17N3O. The monoisotopic (exact) mass is 255 g/mol. The van der Waals surface area contributed by atoms with Gasteiger partial charge in [0.1, 0.15) is 0 Å². The van der Waals surface area contributed by atoms with Gasteiger partial charge in [-0.1, -0.05) is 17.7 Å². The van der Waals surface area contributed by atoms with Crippen LogP contribution < -0.4 is 16.4 Å². The van der Waals surface area contributed by atoms with Crippen molar-refractivity contribution in [2.75, 3.05) is 16.4 Å². The van der Waals surface area contributed by atoms with Gasteiger partial charge in [-0.15, -0.1) is 0 Å². The molecule has 2 amide bonds. The lowest BCUT2D eigenvalue weighted by atomic mass is 10.2. The first-order chi connectivity index (χ1) is 9.04. The van der Waals surface area contributed by atoms with Crippen molar-refractivity contribution in [3.63, 3.8) is 0 Å². The zero-order valence-electron chi connectivity index (χ0n) is 11.0. The van der Waals surface area contributed by atoms with Crippen LogP contribution >= 0.6 is 0 Å². The number of amides is 2. The van der Waals surface area contributed by atoms with Crippen LogP contribution in [0.3, 0.4) is 0 Å². The van der Waals surface area contributed by atoms with Crippen LogP contribution in [0.25, 0.3) is 0 Å². The largest absolute Gasteiger partial charge is 0.399 e. The van der Waals surface area contributed by atoms with Crippen LogP contribution in [0.15, 0.2) is 42.5 Å². The standard InChI is InChI=1S/C15H17N3O/c1-10-3-6-13(7-4-10)17-15(19)18-14-8-5-12(16)9-11(14)2/h3-9H,16H2,1-2H3,(H2,17,18,19). The summed E-state index contributed by atoms with van der Waals surface area (Å²) < 4.78 is 0. The average molecular weight is 255 g/mol. The van der Waals surface area contributed by atoms with Gasteiger partial charge in [-0.05, 0) is 49.7 Å². The molecule has 0 spiro atoms. The van der Waals surface area contributed by atoms with E-state index in [1.165, 1.54) is 0 Å². The Labute approximate surface area is 112 Å². The summed E-state index contributed by atoms with van der Waals surface area (Å²) in [5.41, 5.74) is 9.94. The van der Waals surface area contributed by atoms with Crippen LogP contribution in [0.4, 0.5) is 21.9 Å². The molecule has 0 aliphatic rings. The van der Waals surface area contributed by atoms with Gasteiger partial charge in [0.05, 0.1) is 0 Å². The van der Waals surface area contributed by atoms with Crippen molar-refractivity contribution in [3.8, 4) is 0 Å². The molecule has 0 fully saturated rings. The molecule has 0 unspecified atom stereocenters. The predicted molar refractivity (Wildman–Crippen MR) is 79.4 cm³/mol. The number of anilines is 3. The van der Waals surface area contributed by atoms with E-state index < -0.39 is 0 Å². The topological polar surface area (TPSA) is 67.2 Å².